The Morgan fingerprint density at radius 1 is 1.25 bits per heavy atom. The van der Waals surface area contributed by atoms with E-state index in [-0.39, 0.29) is 22.4 Å². The Labute approximate surface area is 184 Å². The summed E-state index contributed by atoms with van der Waals surface area (Å²) in [6.07, 6.45) is 4.67. The molecule has 1 N–H and O–H groups in total. The number of rotatable bonds is 4. The smallest absolute Gasteiger partial charge is 0.333 e. The molecule has 0 spiro atoms. The van der Waals surface area contributed by atoms with E-state index in [1.807, 2.05) is 11.8 Å². The Balaban J connectivity index is 0.000000243. The summed E-state index contributed by atoms with van der Waals surface area (Å²) in [4.78, 5) is 25.5. The maximum Gasteiger partial charge on any atom is 0.333 e. The van der Waals surface area contributed by atoms with Gasteiger partial charge in [0.15, 0.2) is 0 Å². The fourth-order valence-electron chi connectivity index (χ4n) is 3.06. The number of benzene rings is 1. The highest BCUT2D eigenvalue weighted by Crippen LogP contribution is 2.27. The summed E-state index contributed by atoms with van der Waals surface area (Å²) in [6, 6.07) is 7.54. The number of ether oxygens (including phenoxy) is 1. The van der Waals surface area contributed by atoms with Crippen molar-refractivity contribution >= 4 is 21.8 Å². The van der Waals surface area contributed by atoms with Crippen LogP contribution in [0.25, 0.3) is 5.82 Å². The molecule has 1 aliphatic rings. The van der Waals surface area contributed by atoms with Crippen LogP contribution in [-0.4, -0.2) is 63.2 Å². The minimum atomic E-state index is -4.00. The van der Waals surface area contributed by atoms with Crippen molar-refractivity contribution in [2.24, 2.45) is 0 Å². The SMILES string of the molecule is Cc1nc(N2CCOC[C@@H]2C)nc(-n2ccnc2)c1[N+](=O)[O-].O=S(=O)(O)c1ccccc1. The van der Waals surface area contributed by atoms with Gasteiger partial charge >= 0.3 is 5.69 Å². The van der Waals surface area contributed by atoms with Gasteiger partial charge in [-0.1, -0.05) is 18.2 Å². The Kier molecular flexibility index (Phi) is 7.12. The molecule has 4 rings (SSSR count). The van der Waals surface area contributed by atoms with E-state index in [0.717, 1.165) is 0 Å². The molecule has 3 heterocycles. The van der Waals surface area contributed by atoms with Gasteiger partial charge in [0.05, 0.1) is 29.1 Å². The van der Waals surface area contributed by atoms with Gasteiger partial charge in [0.1, 0.15) is 12.0 Å². The van der Waals surface area contributed by atoms with Gasteiger partial charge in [-0.15, -0.1) is 0 Å². The standard InChI is InChI=1S/C13H16N6O3.C6H6O3S/c1-9-7-22-6-5-18(9)13-15-10(2)11(19(20)21)12(16-13)17-4-3-14-8-17;7-10(8,9)6-4-2-1-3-5-6/h3-4,8-9H,5-7H2,1-2H3;1-5H,(H,7,8,9)/t9-;/m0./s1. The van der Waals surface area contributed by atoms with Crippen molar-refractivity contribution < 1.29 is 22.6 Å². The summed E-state index contributed by atoms with van der Waals surface area (Å²) < 4.78 is 36.2. The summed E-state index contributed by atoms with van der Waals surface area (Å²) in [7, 11) is -4.00. The first kappa shape index (κ1) is 23.2. The number of nitrogens with zero attached hydrogens (tertiary/aromatic N) is 6. The van der Waals surface area contributed by atoms with Crippen LogP contribution in [0.15, 0.2) is 53.9 Å². The predicted octanol–water partition coefficient (Wildman–Crippen LogP) is 2.04. The molecule has 12 nitrogen and oxygen atoms in total. The van der Waals surface area contributed by atoms with Crippen molar-refractivity contribution in [3.8, 4) is 5.82 Å². The highest BCUT2D eigenvalue weighted by molar-refractivity contribution is 7.85. The number of imidazole rings is 1. The quantitative estimate of drug-likeness (QED) is 0.346. The second-order valence-corrected chi connectivity index (χ2v) is 8.34. The van der Waals surface area contributed by atoms with Crippen molar-refractivity contribution in [3.63, 3.8) is 0 Å². The highest BCUT2D eigenvalue weighted by atomic mass is 32.2. The molecule has 0 amide bonds. The van der Waals surface area contributed by atoms with Gasteiger partial charge in [-0.25, -0.2) is 9.97 Å². The van der Waals surface area contributed by atoms with E-state index < -0.39 is 15.0 Å². The average molecular weight is 462 g/mol. The van der Waals surface area contributed by atoms with Gasteiger partial charge in [0.25, 0.3) is 10.1 Å². The second kappa shape index (κ2) is 9.80. The zero-order valence-corrected chi connectivity index (χ0v) is 18.2. The minimum Gasteiger partial charge on any atom is -0.377 e. The molecule has 0 saturated carbocycles. The lowest BCUT2D eigenvalue weighted by atomic mass is 10.2. The lowest BCUT2D eigenvalue weighted by Crippen LogP contribution is -2.44. The first-order valence-corrected chi connectivity index (χ1v) is 11.0. The lowest BCUT2D eigenvalue weighted by molar-refractivity contribution is -0.385. The summed E-state index contributed by atoms with van der Waals surface area (Å²) >= 11 is 0. The zero-order valence-electron chi connectivity index (χ0n) is 17.4. The largest absolute Gasteiger partial charge is 0.377 e. The Morgan fingerprint density at radius 2 is 1.97 bits per heavy atom. The van der Waals surface area contributed by atoms with Crippen LogP contribution in [0.4, 0.5) is 11.6 Å². The van der Waals surface area contributed by atoms with Gasteiger partial charge in [0.2, 0.25) is 11.8 Å². The topological polar surface area (TPSA) is 154 Å². The Hall–Kier alpha value is -3.42. The molecule has 170 valence electrons. The van der Waals surface area contributed by atoms with Gasteiger partial charge in [-0.2, -0.15) is 13.4 Å². The monoisotopic (exact) mass is 462 g/mol. The van der Waals surface area contributed by atoms with Gasteiger partial charge < -0.3 is 9.64 Å². The van der Waals surface area contributed by atoms with Crippen molar-refractivity contribution in [2.45, 2.75) is 24.8 Å². The van der Waals surface area contributed by atoms with Gasteiger partial charge in [0, 0.05) is 18.9 Å². The molecular formula is C19H22N6O6S. The normalized spacial score (nSPS) is 16.2. The van der Waals surface area contributed by atoms with Crippen LogP contribution in [0.1, 0.15) is 12.6 Å². The maximum absolute atomic E-state index is 11.3. The van der Waals surface area contributed by atoms with Crippen LogP contribution >= 0.6 is 0 Å². The van der Waals surface area contributed by atoms with Crippen molar-refractivity contribution in [1.82, 2.24) is 19.5 Å². The molecule has 0 radical (unpaired) electrons. The number of hydrogen-bond donors (Lipinski definition) is 1. The fraction of sp³-hybridized carbons (Fsp3) is 0.316. The number of aryl methyl sites for hydroxylation is 1. The van der Waals surface area contributed by atoms with Crippen LogP contribution < -0.4 is 4.90 Å². The van der Waals surface area contributed by atoms with E-state index in [1.54, 1.807) is 37.5 Å². The molecule has 0 aliphatic carbocycles. The first-order chi connectivity index (χ1) is 15.2. The molecule has 1 atom stereocenters. The fourth-order valence-corrected chi connectivity index (χ4v) is 3.56. The summed E-state index contributed by atoms with van der Waals surface area (Å²) in [5, 5.41) is 11.3. The molecule has 1 saturated heterocycles. The summed E-state index contributed by atoms with van der Waals surface area (Å²) in [6.45, 7) is 5.46. The number of morpholine rings is 1. The van der Waals surface area contributed by atoms with Crippen molar-refractivity contribution in [3.05, 3.63) is 64.9 Å². The molecule has 1 aromatic carbocycles. The van der Waals surface area contributed by atoms with E-state index in [9.17, 15) is 18.5 Å². The third-order valence-electron chi connectivity index (χ3n) is 4.63. The zero-order chi connectivity index (χ0) is 23.3. The van der Waals surface area contributed by atoms with Crippen LogP contribution in [0.2, 0.25) is 0 Å². The highest BCUT2D eigenvalue weighted by Gasteiger charge is 2.28. The average Bonchev–Trinajstić information content (AvgIpc) is 3.28. The number of nitro groups is 1. The van der Waals surface area contributed by atoms with E-state index in [4.69, 9.17) is 9.29 Å². The second-order valence-electron chi connectivity index (χ2n) is 6.91. The van der Waals surface area contributed by atoms with E-state index in [0.29, 0.717) is 31.4 Å². The minimum absolute atomic E-state index is 0.0741. The molecule has 32 heavy (non-hydrogen) atoms. The van der Waals surface area contributed by atoms with E-state index >= 15 is 0 Å². The molecule has 3 aromatic rings. The number of anilines is 1. The van der Waals surface area contributed by atoms with Crippen molar-refractivity contribution in [1.29, 1.82) is 0 Å². The van der Waals surface area contributed by atoms with Crippen LogP contribution in [0, 0.1) is 17.0 Å². The third kappa shape index (κ3) is 5.43. The maximum atomic E-state index is 11.3. The molecule has 1 aliphatic heterocycles. The molecule has 1 fully saturated rings. The van der Waals surface area contributed by atoms with Crippen LogP contribution in [0.3, 0.4) is 0 Å². The van der Waals surface area contributed by atoms with Crippen molar-refractivity contribution in [2.75, 3.05) is 24.7 Å². The van der Waals surface area contributed by atoms with Crippen LogP contribution in [0.5, 0.6) is 0 Å². The molecule has 13 heteroatoms. The molecule has 0 unspecified atom stereocenters. The summed E-state index contributed by atoms with van der Waals surface area (Å²) in [5.74, 6) is 0.700. The lowest BCUT2D eigenvalue weighted by Gasteiger charge is -2.33. The first-order valence-electron chi connectivity index (χ1n) is 9.56. The molecule has 0 bridgehead atoms. The number of hydrogen-bond acceptors (Lipinski definition) is 9. The summed E-state index contributed by atoms with van der Waals surface area (Å²) in [5.41, 5.74) is 0.222. The van der Waals surface area contributed by atoms with E-state index in [1.165, 1.54) is 23.0 Å². The third-order valence-corrected chi connectivity index (χ3v) is 5.49. The van der Waals surface area contributed by atoms with Gasteiger partial charge in [-0.05, 0) is 26.0 Å². The van der Waals surface area contributed by atoms with Crippen LogP contribution in [-0.2, 0) is 14.9 Å². The predicted molar refractivity (Wildman–Crippen MR) is 114 cm³/mol. The Morgan fingerprint density at radius 3 is 2.50 bits per heavy atom. The van der Waals surface area contributed by atoms with Gasteiger partial charge in [-0.3, -0.25) is 19.2 Å². The Bertz CT molecular complexity index is 1170. The molecule has 2 aromatic heterocycles. The molecular weight excluding hydrogens is 440 g/mol. The number of aromatic nitrogens is 4. The van der Waals surface area contributed by atoms with E-state index in [2.05, 4.69) is 15.0 Å².